The summed E-state index contributed by atoms with van der Waals surface area (Å²) in [7, 11) is 0. The van der Waals surface area contributed by atoms with Crippen molar-refractivity contribution >= 4 is 17.7 Å². The lowest BCUT2D eigenvalue weighted by Crippen LogP contribution is -2.08. The van der Waals surface area contributed by atoms with Gasteiger partial charge in [-0.05, 0) is 36.4 Å². The van der Waals surface area contributed by atoms with E-state index in [1.807, 2.05) is 0 Å². The van der Waals surface area contributed by atoms with E-state index in [-0.39, 0.29) is 5.75 Å². The molecule has 3 nitrogen and oxygen atoms in total. The fourth-order valence-corrected chi connectivity index (χ4v) is 1.68. The zero-order chi connectivity index (χ0) is 15.9. The van der Waals surface area contributed by atoms with Crippen molar-refractivity contribution in [2.24, 2.45) is 0 Å². The molecule has 2 rings (SSSR count). The normalized spacial score (nSPS) is 10.9. The number of anilines is 1. The van der Waals surface area contributed by atoms with E-state index in [1.54, 1.807) is 12.1 Å². The van der Waals surface area contributed by atoms with Gasteiger partial charge in [-0.15, -0.1) is 0 Å². The highest BCUT2D eigenvalue weighted by molar-refractivity contribution is 6.01. The average Bonchev–Trinajstić information content (AvgIpc) is 2.48. The molecule has 2 aromatic rings. The smallest absolute Gasteiger partial charge is 0.387 e. The molecule has 114 valence electrons. The predicted molar refractivity (Wildman–Crippen MR) is 77.1 cm³/mol. The molecule has 0 bridgehead atoms. The minimum absolute atomic E-state index is 0.00472. The van der Waals surface area contributed by atoms with Gasteiger partial charge in [-0.2, -0.15) is 8.78 Å². The molecule has 0 heterocycles. The summed E-state index contributed by atoms with van der Waals surface area (Å²) in [6.07, 6.45) is 2.53. The average molecular weight is 307 g/mol. The van der Waals surface area contributed by atoms with Crippen LogP contribution in [0.1, 0.15) is 5.56 Å². The highest BCUT2D eigenvalue weighted by atomic mass is 19.3. The molecule has 1 N–H and O–H groups in total. The van der Waals surface area contributed by atoms with Crippen LogP contribution >= 0.6 is 0 Å². The van der Waals surface area contributed by atoms with Crippen LogP contribution in [0, 0.1) is 5.82 Å². The van der Waals surface area contributed by atoms with Gasteiger partial charge in [0.2, 0.25) is 5.91 Å². The maximum Gasteiger partial charge on any atom is 0.387 e. The van der Waals surface area contributed by atoms with Gasteiger partial charge >= 0.3 is 6.61 Å². The van der Waals surface area contributed by atoms with Crippen molar-refractivity contribution in [1.29, 1.82) is 0 Å². The number of benzene rings is 2. The second-order valence-electron chi connectivity index (χ2n) is 4.25. The van der Waals surface area contributed by atoms with Crippen molar-refractivity contribution in [1.82, 2.24) is 0 Å². The molecule has 0 aliphatic heterocycles. The maximum absolute atomic E-state index is 13.4. The number of hydrogen-bond acceptors (Lipinski definition) is 2. The number of carbonyl (C=O) groups is 1. The van der Waals surface area contributed by atoms with E-state index in [2.05, 4.69) is 10.1 Å². The number of alkyl halides is 2. The lowest BCUT2D eigenvalue weighted by atomic mass is 10.2. The second-order valence-corrected chi connectivity index (χ2v) is 4.25. The quantitative estimate of drug-likeness (QED) is 0.845. The summed E-state index contributed by atoms with van der Waals surface area (Å²) in [6.45, 7) is -2.90. The molecule has 2 aromatic carbocycles. The van der Waals surface area contributed by atoms with Crippen molar-refractivity contribution in [3.63, 3.8) is 0 Å². The molecule has 6 heteroatoms. The fourth-order valence-electron chi connectivity index (χ4n) is 1.68. The Morgan fingerprint density at radius 2 is 1.77 bits per heavy atom. The number of rotatable bonds is 5. The number of carbonyl (C=O) groups excluding carboxylic acids is 1. The Labute approximate surface area is 125 Å². The van der Waals surface area contributed by atoms with Crippen LogP contribution in [0.25, 0.3) is 6.08 Å². The molecule has 0 aliphatic rings. The summed E-state index contributed by atoms with van der Waals surface area (Å²) < 4.78 is 41.5. The number of nitrogens with one attached hydrogen (secondary N) is 1. The first-order valence-electron chi connectivity index (χ1n) is 6.33. The Bertz CT molecular complexity index is 669. The Kier molecular flexibility index (Phi) is 5.19. The third-order valence-corrected chi connectivity index (χ3v) is 2.67. The van der Waals surface area contributed by atoms with Gasteiger partial charge in [-0.3, -0.25) is 4.79 Å². The van der Waals surface area contributed by atoms with Crippen LogP contribution in [-0.2, 0) is 4.79 Å². The minimum Gasteiger partial charge on any atom is -0.435 e. The van der Waals surface area contributed by atoms with Crippen molar-refractivity contribution in [2.75, 3.05) is 5.32 Å². The van der Waals surface area contributed by atoms with Gasteiger partial charge in [0.15, 0.2) is 0 Å². The molecule has 0 aliphatic carbocycles. The molecule has 1 amide bonds. The van der Waals surface area contributed by atoms with Gasteiger partial charge in [0.1, 0.15) is 11.6 Å². The standard InChI is InChI=1S/C16H12F3NO2/c17-14-4-2-1-3-11(14)5-10-15(21)20-12-6-8-13(9-7-12)22-16(18)19/h1-10,16H,(H,20,21)/b10-5+. The van der Waals surface area contributed by atoms with Crippen molar-refractivity contribution in [2.45, 2.75) is 6.61 Å². The molecule has 0 unspecified atom stereocenters. The Hall–Kier alpha value is -2.76. The van der Waals surface area contributed by atoms with Crippen LogP contribution in [0.15, 0.2) is 54.6 Å². The summed E-state index contributed by atoms with van der Waals surface area (Å²) in [5.41, 5.74) is 0.697. The second kappa shape index (κ2) is 7.31. The number of halogens is 3. The fraction of sp³-hybridized carbons (Fsp3) is 0.0625. The van der Waals surface area contributed by atoms with Gasteiger partial charge in [0.05, 0.1) is 0 Å². The SMILES string of the molecule is O=C(/C=C/c1ccccc1F)Nc1ccc(OC(F)F)cc1. The van der Waals surface area contributed by atoms with E-state index >= 15 is 0 Å². The molecule has 0 spiro atoms. The number of ether oxygens (including phenoxy) is 1. The van der Waals surface area contributed by atoms with Crippen LogP contribution in [0.4, 0.5) is 18.9 Å². The van der Waals surface area contributed by atoms with Crippen LogP contribution in [0.2, 0.25) is 0 Å². The molecular formula is C16H12F3NO2. The number of hydrogen-bond donors (Lipinski definition) is 1. The van der Waals surface area contributed by atoms with E-state index in [4.69, 9.17) is 0 Å². The Morgan fingerprint density at radius 1 is 1.09 bits per heavy atom. The first kappa shape index (κ1) is 15.6. The predicted octanol–water partition coefficient (Wildman–Crippen LogP) is 4.08. The summed E-state index contributed by atoms with van der Waals surface area (Å²) in [6, 6.07) is 11.5. The molecule has 0 saturated carbocycles. The van der Waals surface area contributed by atoms with Gasteiger partial charge in [0, 0.05) is 17.3 Å². The molecular weight excluding hydrogens is 295 g/mol. The summed E-state index contributed by atoms with van der Waals surface area (Å²) >= 11 is 0. The minimum atomic E-state index is -2.90. The van der Waals surface area contributed by atoms with Gasteiger partial charge in [0.25, 0.3) is 0 Å². The molecule has 0 atom stereocenters. The van der Waals surface area contributed by atoms with Crippen LogP contribution in [0.5, 0.6) is 5.75 Å². The zero-order valence-corrected chi connectivity index (χ0v) is 11.3. The zero-order valence-electron chi connectivity index (χ0n) is 11.3. The highest BCUT2D eigenvalue weighted by Crippen LogP contribution is 2.17. The largest absolute Gasteiger partial charge is 0.435 e. The van der Waals surface area contributed by atoms with Crippen molar-refractivity contribution in [3.05, 3.63) is 66.0 Å². The summed E-state index contributed by atoms with van der Waals surface area (Å²) in [4.78, 5) is 11.7. The topological polar surface area (TPSA) is 38.3 Å². The van der Waals surface area contributed by atoms with E-state index < -0.39 is 18.3 Å². The lowest BCUT2D eigenvalue weighted by Gasteiger charge is -2.06. The van der Waals surface area contributed by atoms with Crippen LogP contribution < -0.4 is 10.1 Å². The highest BCUT2D eigenvalue weighted by Gasteiger charge is 2.04. The van der Waals surface area contributed by atoms with E-state index in [0.29, 0.717) is 11.3 Å². The van der Waals surface area contributed by atoms with Gasteiger partial charge in [-0.25, -0.2) is 4.39 Å². The molecule has 0 saturated heterocycles. The van der Waals surface area contributed by atoms with Gasteiger partial charge in [-0.1, -0.05) is 18.2 Å². The molecule has 0 fully saturated rings. The first-order chi connectivity index (χ1) is 10.5. The third-order valence-electron chi connectivity index (χ3n) is 2.67. The summed E-state index contributed by atoms with van der Waals surface area (Å²) in [5.74, 6) is -0.902. The van der Waals surface area contributed by atoms with E-state index in [0.717, 1.165) is 0 Å². The van der Waals surface area contributed by atoms with Crippen LogP contribution in [0.3, 0.4) is 0 Å². The molecule has 0 radical (unpaired) electrons. The molecule has 0 aromatic heterocycles. The van der Waals surface area contributed by atoms with Crippen LogP contribution in [-0.4, -0.2) is 12.5 Å². The number of amides is 1. The lowest BCUT2D eigenvalue weighted by molar-refractivity contribution is -0.111. The Balaban J connectivity index is 1.96. The monoisotopic (exact) mass is 307 g/mol. The van der Waals surface area contributed by atoms with E-state index in [9.17, 15) is 18.0 Å². The molecule has 22 heavy (non-hydrogen) atoms. The first-order valence-corrected chi connectivity index (χ1v) is 6.33. The van der Waals surface area contributed by atoms with E-state index in [1.165, 1.54) is 48.6 Å². The summed E-state index contributed by atoms with van der Waals surface area (Å²) in [5, 5.41) is 2.52. The maximum atomic E-state index is 13.4. The van der Waals surface area contributed by atoms with Crippen molar-refractivity contribution < 1.29 is 22.7 Å². The van der Waals surface area contributed by atoms with Crippen molar-refractivity contribution in [3.8, 4) is 5.75 Å². The third kappa shape index (κ3) is 4.66. The van der Waals surface area contributed by atoms with Gasteiger partial charge < -0.3 is 10.1 Å². The Morgan fingerprint density at radius 3 is 2.41 bits per heavy atom.